The van der Waals surface area contributed by atoms with Crippen LogP contribution in [-0.2, 0) is 0 Å². The molecular weight excluding hydrogens is 226 g/mol. The Morgan fingerprint density at radius 2 is 2.31 bits per heavy atom. The van der Waals surface area contributed by atoms with E-state index in [4.69, 9.17) is 12.2 Å². The molecule has 16 heavy (non-hydrogen) atoms. The number of aromatic nitrogens is 2. The first-order valence-corrected chi connectivity index (χ1v) is 4.93. The lowest BCUT2D eigenvalue weighted by molar-refractivity contribution is -0.384. The van der Waals surface area contributed by atoms with Gasteiger partial charge in [-0.2, -0.15) is 0 Å². The van der Waals surface area contributed by atoms with Crippen LogP contribution in [0.25, 0.3) is 11.4 Å². The molecule has 0 bridgehead atoms. The lowest BCUT2D eigenvalue weighted by Crippen LogP contribution is -1.93. The average Bonchev–Trinajstić information content (AvgIpc) is 2.81. The summed E-state index contributed by atoms with van der Waals surface area (Å²) in [5.41, 5.74) is 1.39. The highest BCUT2D eigenvalue weighted by atomic mass is 32.1. The lowest BCUT2D eigenvalue weighted by atomic mass is 10.1. The monoisotopic (exact) mass is 233 g/mol. The number of nitrogens with one attached hydrogen (secondary N) is 1. The highest BCUT2D eigenvalue weighted by Gasteiger charge is 2.12. The van der Waals surface area contributed by atoms with Gasteiger partial charge < -0.3 is 4.98 Å². The Labute approximate surface area is 96.3 Å². The number of thiocarbonyl (C=S) groups is 1. The van der Waals surface area contributed by atoms with Crippen LogP contribution in [0.4, 0.5) is 5.69 Å². The largest absolute Gasteiger partial charge is 0.345 e. The molecule has 1 aromatic heterocycles. The van der Waals surface area contributed by atoms with Crippen LogP contribution in [0.3, 0.4) is 0 Å². The fraction of sp³-hybridized carbons (Fsp3) is 0. The summed E-state index contributed by atoms with van der Waals surface area (Å²) in [6.45, 7) is 0. The minimum atomic E-state index is -0.445. The average molecular weight is 233 g/mol. The van der Waals surface area contributed by atoms with Crippen molar-refractivity contribution in [2.24, 2.45) is 0 Å². The standard InChI is InChI=1S/C10H7N3O2S/c14-13(15)8-2-1-7(6-16)9(5-8)10-11-3-4-12-10/h1-6H,(H,11,12). The Balaban J connectivity index is 2.61. The van der Waals surface area contributed by atoms with Gasteiger partial charge in [0.2, 0.25) is 0 Å². The van der Waals surface area contributed by atoms with Gasteiger partial charge in [-0.15, -0.1) is 0 Å². The molecule has 0 atom stereocenters. The quantitative estimate of drug-likeness (QED) is 0.501. The maximum atomic E-state index is 10.7. The number of benzene rings is 1. The van der Waals surface area contributed by atoms with Crippen LogP contribution in [0.1, 0.15) is 5.56 Å². The van der Waals surface area contributed by atoms with Crippen molar-refractivity contribution >= 4 is 23.3 Å². The fourth-order valence-electron chi connectivity index (χ4n) is 1.38. The van der Waals surface area contributed by atoms with Crippen LogP contribution in [0.5, 0.6) is 0 Å². The van der Waals surface area contributed by atoms with Gasteiger partial charge in [0, 0.05) is 35.5 Å². The first kappa shape index (κ1) is 10.4. The minimum Gasteiger partial charge on any atom is -0.345 e. The van der Waals surface area contributed by atoms with Gasteiger partial charge in [0.1, 0.15) is 5.82 Å². The van der Waals surface area contributed by atoms with Gasteiger partial charge in [0.05, 0.1) is 4.92 Å². The van der Waals surface area contributed by atoms with Crippen LogP contribution in [0, 0.1) is 10.1 Å². The third kappa shape index (κ3) is 1.82. The second kappa shape index (κ2) is 4.19. The van der Waals surface area contributed by atoms with E-state index in [1.807, 2.05) is 0 Å². The zero-order valence-electron chi connectivity index (χ0n) is 8.08. The molecule has 2 rings (SSSR count). The maximum absolute atomic E-state index is 10.7. The van der Waals surface area contributed by atoms with E-state index in [1.54, 1.807) is 18.5 Å². The van der Waals surface area contributed by atoms with E-state index in [0.717, 1.165) is 5.56 Å². The lowest BCUT2D eigenvalue weighted by Gasteiger charge is -2.01. The van der Waals surface area contributed by atoms with Crippen molar-refractivity contribution < 1.29 is 4.92 Å². The van der Waals surface area contributed by atoms with Gasteiger partial charge >= 0.3 is 0 Å². The molecule has 0 fully saturated rings. The summed E-state index contributed by atoms with van der Waals surface area (Å²) in [5.74, 6) is 0.569. The van der Waals surface area contributed by atoms with Gasteiger partial charge in [-0.25, -0.2) is 4.98 Å². The van der Waals surface area contributed by atoms with Gasteiger partial charge in [-0.1, -0.05) is 12.2 Å². The molecule has 0 saturated heterocycles. The molecule has 80 valence electrons. The van der Waals surface area contributed by atoms with Crippen LogP contribution in [0.2, 0.25) is 0 Å². The predicted octanol–water partition coefficient (Wildman–Crippen LogP) is 2.33. The number of nitro groups is 1. The molecule has 0 radical (unpaired) electrons. The molecule has 1 N–H and O–H groups in total. The van der Waals surface area contributed by atoms with Gasteiger partial charge in [-0.3, -0.25) is 10.1 Å². The smallest absolute Gasteiger partial charge is 0.270 e. The molecule has 1 heterocycles. The zero-order valence-corrected chi connectivity index (χ0v) is 8.90. The summed E-state index contributed by atoms with van der Waals surface area (Å²) in [6, 6.07) is 4.49. The topological polar surface area (TPSA) is 71.8 Å². The van der Waals surface area contributed by atoms with E-state index in [9.17, 15) is 10.1 Å². The number of hydrogen-bond donors (Lipinski definition) is 1. The van der Waals surface area contributed by atoms with Crippen LogP contribution in [-0.4, -0.2) is 20.3 Å². The Hall–Kier alpha value is -2.08. The van der Waals surface area contributed by atoms with E-state index in [0.29, 0.717) is 11.4 Å². The molecule has 0 unspecified atom stereocenters. The Kier molecular flexibility index (Phi) is 2.74. The number of hydrogen-bond acceptors (Lipinski definition) is 4. The van der Waals surface area contributed by atoms with Crippen molar-refractivity contribution in [3.8, 4) is 11.4 Å². The number of imidazole rings is 1. The number of nitro benzene ring substituents is 1. The molecule has 6 heteroatoms. The number of nitrogens with zero attached hydrogens (tertiary/aromatic N) is 2. The van der Waals surface area contributed by atoms with Gasteiger partial charge in [0.25, 0.3) is 5.69 Å². The van der Waals surface area contributed by atoms with Crippen LogP contribution in [0.15, 0.2) is 30.6 Å². The second-order valence-corrected chi connectivity index (χ2v) is 3.32. The van der Waals surface area contributed by atoms with Gasteiger partial charge in [0.15, 0.2) is 0 Å². The van der Waals surface area contributed by atoms with E-state index < -0.39 is 4.92 Å². The predicted molar refractivity (Wildman–Crippen MR) is 63.4 cm³/mol. The van der Waals surface area contributed by atoms with Crippen molar-refractivity contribution in [1.29, 1.82) is 0 Å². The number of non-ortho nitro benzene ring substituents is 1. The molecule has 0 spiro atoms. The third-order valence-corrected chi connectivity index (χ3v) is 2.38. The summed E-state index contributed by atoms with van der Waals surface area (Å²) < 4.78 is 0. The summed E-state index contributed by atoms with van der Waals surface area (Å²) in [6.07, 6.45) is 3.24. The molecule has 0 aliphatic rings. The highest BCUT2D eigenvalue weighted by Crippen LogP contribution is 2.24. The van der Waals surface area contributed by atoms with Crippen LogP contribution >= 0.6 is 12.2 Å². The Bertz CT molecular complexity index is 537. The summed E-state index contributed by atoms with van der Waals surface area (Å²) in [7, 11) is 0. The summed E-state index contributed by atoms with van der Waals surface area (Å²) >= 11 is 4.85. The normalized spacial score (nSPS) is 10.0. The van der Waals surface area contributed by atoms with Crippen molar-refractivity contribution in [3.05, 3.63) is 46.3 Å². The minimum absolute atomic E-state index is 0.0204. The van der Waals surface area contributed by atoms with E-state index >= 15 is 0 Å². The first-order chi connectivity index (χ1) is 7.72. The molecule has 0 aliphatic heterocycles. The van der Waals surface area contributed by atoms with Crippen molar-refractivity contribution in [2.45, 2.75) is 0 Å². The summed E-state index contributed by atoms with van der Waals surface area (Å²) in [5, 5.41) is 12.1. The number of aromatic amines is 1. The van der Waals surface area contributed by atoms with Crippen LogP contribution < -0.4 is 0 Å². The molecular formula is C10H7N3O2S. The van der Waals surface area contributed by atoms with Crippen molar-refractivity contribution in [2.75, 3.05) is 0 Å². The molecule has 5 nitrogen and oxygen atoms in total. The SMILES string of the molecule is O=[N+]([O-])c1ccc(C=S)c(-c2ncc[nH]2)c1. The first-order valence-electron chi connectivity index (χ1n) is 4.45. The van der Waals surface area contributed by atoms with E-state index in [2.05, 4.69) is 9.97 Å². The van der Waals surface area contributed by atoms with E-state index in [1.165, 1.54) is 17.5 Å². The third-order valence-electron chi connectivity index (χ3n) is 2.13. The summed E-state index contributed by atoms with van der Waals surface area (Å²) in [4.78, 5) is 17.2. The molecule has 2 aromatic rings. The Morgan fingerprint density at radius 3 is 2.88 bits per heavy atom. The molecule has 0 aliphatic carbocycles. The number of rotatable bonds is 3. The van der Waals surface area contributed by atoms with E-state index in [-0.39, 0.29) is 5.69 Å². The van der Waals surface area contributed by atoms with Crippen molar-refractivity contribution in [1.82, 2.24) is 9.97 Å². The molecule has 0 saturated carbocycles. The second-order valence-electron chi connectivity index (χ2n) is 3.08. The number of H-pyrrole nitrogens is 1. The zero-order chi connectivity index (χ0) is 11.5. The van der Waals surface area contributed by atoms with Gasteiger partial charge in [-0.05, 0) is 11.6 Å². The molecule has 1 aromatic carbocycles. The maximum Gasteiger partial charge on any atom is 0.270 e. The molecule has 0 amide bonds. The highest BCUT2D eigenvalue weighted by molar-refractivity contribution is 7.79. The Morgan fingerprint density at radius 1 is 1.50 bits per heavy atom. The van der Waals surface area contributed by atoms with Crippen molar-refractivity contribution in [3.63, 3.8) is 0 Å². The fourth-order valence-corrected chi connectivity index (χ4v) is 1.58.